The highest BCUT2D eigenvalue weighted by molar-refractivity contribution is 5.97. The number of hydrogen-bond acceptors (Lipinski definition) is 5. The van der Waals surface area contributed by atoms with E-state index in [0.29, 0.717) is 30.2 Å². The first kappa shape index (κ1) is 22.1. The zero-order valence-corrected chi connectivity index (χ0v) is 18.8. The highest BCUT2D eigenvalue weighted by atomic mass is 16.5. The van der Waals surface area contributed by atoms with Crippen LogP contribution in [-0.2, 0) is 4.79 Å². The number of carbonyl (C=O) groups excluding carboxylic acids is 2. The van der Waals surface area contributed by atoms with Crippen LogP contribution < -0.4 is 14.8 Å². The van der Waals surface area contributed by atoms with Gasteiger partial charge in [-0.1, -0.05) is 6.92 Å². The number of likely N-dealkylation sites (tertiary alicyclic amines) is 1. The van der Waals surface area contributed by atoms with Gasteiger partial charge in [-0.15, -0.1) is 0 Å². The predicted molar refractivity (Wildman–Crippen MR) is 121 cm³/mol. The SMILES string of the molecule is CC[C@H](NC(=O)c1cc(OC)ccc1OC1CCN(C(=O)C2CC2)CC1)c1ccncc1. The lowest BCUT2D eigenvalue weighted by Crippen LogP contribution is -2.42. The number of aromatic nitrogens is 1. The van der Waals surface area contributed by atoms with Crippen LogP contribution in [0, 0.1) is 5.92 Å². The van der Waals surface area contributed by atoms with Gasteiger partial charge in [-0.25, -0.2) is 0 Å². The van der Waals surface area contributed by atoms with Gasteiger partial charge in [-0.05, 0) is 55.2 Å². The molecule has 2 heterocycles. The van der Waals surface area contributed by atoms with Crippen LogP contribution in [0.1, 0.15) is 61.0 Å². The number of ether oxygens (including phenoxy) is 2. The Morgan fingerprint density at radius 3 is 2.47 bits per heavy atom. The van der Waals surface area contributed by atoms with E-state index in [4.69, 9.17) is 9.47 Å². The van der Waals surface area contributed by atoms with Crippen molar-refractivity contribution in [3.63, 3.8) is 0 Å². The van der Waals surface area contributed by atoms with Crippen molar-refractivity contribution in [1.29, 1.82) is 0 Å². The normalized spacial score (nSPS) is 17.5. The number of carbonyl (C=O) groups is 2. The molecule has 1 saturated carbocycles. The standard InChI is InChI=1S/C25H31N3O4/c1-3-22(17-8-12-26-13-9-17)27-24(29)21-16-20(31-2)6-7-23(21)32-19-10-14-28(15-11-19)25(30)18-4-5-18/h6-9,12-13,16,18-19,22H,3-5,10-11,14-15H2,1-2H3,(H,27,29)/t22-/m0/s1. The summed E-state index contributed by atoms with van der Waals surface area (Å²) in [5.74, 6) is 1.47. The molecule has 1 atom stereocenters. The van der Waals surface area contributed by atoms with Crippen LogP contribution in [0.25, 0.3) is 0 Å². The third-order valence-corrected chi connectivity index (χ3v) is 6.23. The first-order chi connectivity index (χ1) is 15.6. The van der Waals surface area contributed by atoms with Crippen LogP contribution in [0.2, 0.25) is 0 Å². The van der Waals surface area contributed by atoms with E-state index in [2.05, 4.69) is 10.3 Å². The molecule has 2 aliphatic rings. The number of hydrogen-bond donors (Lipinski definition) is 1. The Morgan fingerprint density at radius 1 is 1.12 bits per heavy atom. The van der Waals surface area contributed by atoms with Crippen LogP contribution in [0.5, 0.6) is 11.5 Å². The van der Waals surface area contributed by atoms with Crippen LogP contribution >= 0.6 is 0 Å². The van der Waals surface area contributed by atoms with E-state index >= 15 is 0 Å². The van der Waals surface area contributed by atoms with Gasteiger partial charge in [0.25, 0.3) is 5.91 Å². The van der Waals surface area contributed by atoms with E-state index in [0.717, 1.165) is 37.7 Å². The molecule has 0 spiro atoms. The molecule has 32 heavy (non-hydrogen) atoms. The van der Waals surface area contributed by atoms with Crippen LogP contribution in [0.15, 0.2) is 42.7 Å². The Kier molecular flexibility index (Phi) is 6.93. The minimum Gasteiger partial charge on any atom is -0.497 e. The molecule has 7 heteroatoms. The van der Waals surface area contributed by atoms with Gasteiger partial charge in [0, 0.05) is 44.2 Å². The van der Waals surface area contributed by atoms with E-state index < -0.39 is 0 Å². The summed E-state index contributed by atoms with van der Waals surface area (Å²) < 4.78 is 11.6. The van der Waals surface area contributed by atoms with Crippen LogP contribution in [0.3, 0.4) is 0 Å². The fraction of sp³-hybridized carbons (Fsp3) is 0.480. The average molecular weight is 438 g/mol. The lowest BCUT2D eigenvalue weighted by molar-refractivity contribution is -0.134. The zero-order chi connectivity index (χ0) is 22.5. The third-order valence-electron chi connectivity index (χ3n) is 6.23. The Morgan fingerprint density at radius 2 is 1.84 bits per heavy atom. The minimum absolute atomic E-state index is 0.0274. The molecule has 0 unspecified atom stereocenters. The molecular weight excluding hydrogens is 406 g/mol. The molecule has 1 N–H and O–H groups in total. The molecular formula is C25H31N3O4. The third kappa shape index (κ3) is 5.21. The second kappa shape index (κ2) is 10.0. The summed E-state index contributed by atoms with van der Waals surface area (Å²) in [6.45, 7) is 3.44. The Hall–Kier alpha value is -3.09. The van der Waals surface area contributed by atoms with Crippen molar-refractivity contribution < 1.29 is 19.1 Å². The molecule has 170 valence electrons. The van der Waals surface area contributed by atoms with Gasteiger partial charge in [0.2, 0.25) is 5.91 Å². The summed E-state index contributed by atoms with van der Waals surface area (Å²) in [5, 5.41) is 3.11. The lowest BCUT2D eigenvalue weighted by Gasteiger charge is -2.32. The van der Waals surface area contributed by atoms with Gasteiger partial charge in [-0.3, -0.25) is 14.6 Å². The minimum atomic E-state index is -0.205. The van der Waals surface area contributed by atoms with E-state index in [-0.39, 0.29) is 29.9 Å². The first-order valence-corrected chi connectivity index (χ1v) is 11.4. The second-order valence-corrected chi connectivity index (χ2v) is 8.49. The van der Waals surface area contributed by atoms with Crippen molar-refractivity contribution in [2.45, 2.75) is 51.2 Å². The molecule has 2 fully saturated rings. The number of nitrogens with zero attached hydrogens (tertiary/aromatic N) is 2. The number of piperidine rings is 1. The Bertz CT molecular complexity index is 937. The van der Waals surface area contributed by atoms with Gasteiger partial charge >= 0.3 is 0 Å². The average Bonchev–Trinajstić information content (AvgIpc) is 3.69. The number of methoxy groups -OCH3 is 1. The Balaban J connectivity index is 1.45. The molecule has 4 rings (SSSR count). The van der Waals surface area contributed by atoms with Gasteiger partial charge in [0.05, 0.1) is 18.7 Å². The van der Waals surface area contributed by atoms with E-state index in [1.165, 1.54) is 0 Å². The second-order valence-electron chi connectivity index (χ2n) is 8.49. The van der Waals surface area contributed by atoms with Crippen LogP contribution in [-0.4, -0.2) is 48.0 Å². The van der Waals surface area contributed by atoms with Crippen molar-refractivity contribution in [1.82, 2.24) is 15.2 Å². The van der Waals surface area contributed by atoms with Gasteiger partial charge in [0.15, 0.2) is 0 Å². The smallest absolute Gasteiger partial charge is 0.255 e. The van der Waals surface area contributed by atoms with Crippen LogP contribution in [0.4, 0.5) is 0 Å². The van der Waals surface area contributed by atoms with Gasteiger partial charge < -0.3 is 19.7 Å². The molecule has 2 aromatic rings. The summed E-state index contributed by atoms with van der Waals surface area (Å²) in [5.41, 5.74) is 1.46. The molecule has 2 amide bonds. The molecule has 0 bridgehead atoms. The lowest BCUT2D eigenvalue weighted by atomic mass is 10.0. The molecule has 1 aliphatic heterocycles. The molecule has 1 aromatic carbocycles. The van der Waals surface area contributed by atoms with Crippen molar-refractivity contribution in [3.05, 3.63) is 53.9 Å². The number of nitrogens with one attached hydrogen (secondary N) is 1. The maximum absolute atomic E-state index is 13.2. The van der Waals surface area contributed by atoms with Crippen molar-refractivity contribution in [2.75, 3.05) is 20.2 Å². The number of benzene rings is 1. The number of pyridine rings is 1. The molecule has 7 nitrogen and oxygen atoms in total. The molecule has 1 aliphatic carbocycles. The van der Waals surface area contributed by atoms with Gasteiger partial charge in [-0.2, -0.15) is 0 Å². The van der Waals surface area contributed by atoms with Gasteiger partial charge in [0.1, 0.15) is 17.6 Å². The summed E-state index contributed by atoms with van der Waals surface area (Å²) in [7, 11) is 1.58. The zero-order valence-electron chi connectivity index (χ0n) is 18.8. The molecule has 1 aromatic heterocycles. The van der Waals surface area contributed by atoms with Crippen molar-refractivity contribution in [3.8, 4) is 11.5 Å². The predicted octanol–water partition coefficient (Wildman–Crippen LogP) is 3.75. The first-order valence-electron chi connectivity index (χ1n) is 11.4. The van der Waals surface area contributed by atoms with E-state index in [1.807, 2.05) is 24.0 Å². The van der Waals surface area contributed by atoms with E-state index in [9.17, 15) is 9.59 Å². The molecule has 1 saturated heterocycles. The maximum Gasteiger partial charge on any atom is 0.255 e. The number of amides is 2. The highest BCUT2D eigenvalue weighted by Gasteiger charge is 2.35. The summed E-state index contributed by atoms with van der Waals surface area (Å²) >= 11 is 0. The largest absolute Gasteiger partial charge is 0.497 e. The quantitative estimate of drug-likeness (QED) is 0.680. The topological polar surface area (TPSA) is 80.8 Å². The molecule has 0 radical (unpaired) electrons. The maximum atomic E-state index is 13.2. The number of rotatable bonds is 8. The monoisotopic (exact) mass is 437 g/mol. The summed E-state index contributed by atoms with van der Waals surface area (Å²) in [4.78, 5) is 31.5. The Labute approximate surface area is 189 Å². The fourth-order valence-electron chi connectivity index (χ4n) is 4.13. The summed E-state index contributed by atoms with van der Waals surface area (Å²) in [6.07, 6.45) is 7.76. The van der Waals surface area contributed by atoms with Crippen molar-refractivity contribution >= 4 is 11.8 Å². The highest BCUT2D eigenvalue weighted by Crippen LogP contribution is 2.33. The summed E-state index contributed by atoms with van der Waals surface area (Å²) in [6, 6.07) is 9.01. The fourth-order valence-corrected chi connectivity index (χ4v) is 4.13. The van der Waals surface area contributed by atoms with Crippen molar-refractivity contribution in [2.24, 2.45) is 5.92 Å². The van der Waals surface area contributed by atoms with E-state index in [1.54, 1.807) is 37.7 Å².